The Balaban J connectivity index is 0.966. The molecule has 2 nitrogen and oxygen atoms in total. The highest BCUT2D eigenvalue weighted by molar-refractivity contribution is 5.04. The van der Waals surface area contributed by atoms with Crippen LogP contribution in [0.25, 0.3) is 0 Å². The van der Waals surface area contributed by atoms with E-state index in [0.29, 0.717) is 0 Å². The van der Waals surface area contributed by atoms with Gasteiger partial charge in [0.1, 0.15) is 0 Å². The standard InChI is InChI=1S/C26H42N2/c1-2-28(18-26-14-22-8-23(15-26)10-24(9-22)16-26)4-3-27(1)17-25-11-19-5-20(12-25)7-21(6-19)13-25/h19-24H,1-18H2. The van der Waals surface area contributed by atoms with Crippen molar-refractivity contribution in [1.29, 1.82) is 0 Å². The Morgan fingerprint density at radius 1 is 0.429 bits per heavy atom. The average molecular weight is 383 g/mol. The molecule has 8 saturated carbocycles. The Kier molecular flexibility index (Phi) is 3.91. The highest BCUT2D eigenvalue weighted by Crippen LogP contribution is 2.61. The Labute approximate surface area is 172 Å². The minimum Gasteiger partial charge on any atom is -0.300 e. The minimum atomic E-state index is 0.747. The molecule has 1 saturated heterocycles. The van der Waals surface area contributed by atoms with Crippen LogP contribution in [0, 0.1) is 46.3 Å². The van der Waals surface area contributed by atoms with Crippen molar-refractivity contribution < 1.29 is 0 Å². The highest BCUT2D eigenvalue weighted by atomic mass is 15.3. The summed E-state index contributed by atoms with van der Waals surface area (Å²) in [4.78, 5) is 5.81. The van der Waals surface area contributed by atoms with Crippen LogP contribution in [-0.4, -0.2) is 49.1 Å². The molecule has 9 aliphatic rings. The number of hydrogen-bond acceptors (Lipinski definition) is 2. The molecule has 8 bridgehead atoms. The van der Waals surface area contributed by atoms with Gasteiger partial charge in [-0.15, -0.1) is 0 Å². The SMILES string of the molecule is C1C2CC3CC1CC(CN1CCN(CC45CC6CC(CC(C6)C4)C5)CC1)(C2)C3. The summed E-state index contributed by atoms with van der Waals surface area (Å²) in [5, 5.41) is 0. The van der Waals surface area contributed by atoms with Crippen LogP contribution in [-0.2, 0) is 0 Å². The molecule has 9 rings (SSSR count). The van der Waals surface area contributed by atoms with Crippen LogP contribution in [0.15, 0.2) is 0 Å². The zero-order chi connectivity index (χ0) is 18.3. The summed E-state index contributed by atoms with van der Waals surface area (Å²) in [6.07, 6.45) is 19.1. The first-order valence-electron chi connectivity index (χ1n) is 13.1. The molecule has 0 N–H and O–H groups in total. The minimum absolute atomic E-state index is 0.747. The molecule has 0 spiro atoms. The fourth-order valence-electron chi connectivity index (χ4n) is 11.0. The van der Waals surface area contributed by atoms with Crippen molar-refractivity contribution in [1.82, 2.24) is 9.80 Å². The first-order valence-corrected chi connectivity index (χ1v) is 13.1. The van der Waals surface area contributed by atoms with E-state index in [1.165, 1.54) is 39.3 Å². The van der Waals surface area contributed by atoms with Gasteiger partial charge in [-0.05, 0) is 123 Å². The molecule has 0 amide bonds. The van der Waals surface area contributed by atoms with Crippen molar-refractivity contribution in [2.45, 2.75) is 77.0 Å². The second kappa shape index (κ2) is 6.22. The predicted molar refractivity (Wildman–Crippen MR) is 114 cm³/mol. The Morgan fingerprint density at radius 2 is 0.679 bits per heavy atom. The number of hydrogen-bond donors (Lipinski definition) is 0. The summed E-state index contributed by atoms with van der Waals surface area (Å²) >= 11 is 0. The van der Waals surface area contributed by atoms with Crippen molar-refractivity contribution in [2.24, 2.45) is 46.3 Å². The van der Waals surface area contributed by atoms with Gasteiger partial charge in [0.25, 0.3) is 0 Å². The third-order valence-electron chi connectivity index (χ3n) is 10.9. The molecular weight excluding hydrogens is 340 g/mol. The predicted octanol–water partition coefficient (Wildman–Crippen LogP) is 5.04. The fourth-order valence-corrected chi connectivity index (χ4v) is 11.0. The molecule has 0 aromatic heterocycles. The molecule has 0 radical (unpaired) electrons. The van der Waals surface area contributed by atoms with Crippen LogP contribution < -0.4 is 0 Å². The largest absolute Gasteiger partial charge is 0.300 e. The van der Waals surface area contributed by atoms with Crippen molar-refractivity contribution in [3.63, 3.8) is 0 Å². The third-order valence-corrected chi connectivity index (χ3v) is 10.9. The number of piperazine rings is 1. The molecular formula is C26H42N2. The molecule has 0 aromatic carbocycles. The molecule has 0 unspecified atom stereocenters. The molecule has 0 atom stereocenters. The van der Waals surface area contributed by atoms with Crippen LogP contribution in [0.3, 0.4) is 0 Å². The van der Waals surface area contributed by atoms with E-state index in [1.807, 2.05) is 0 Å². The summed E-state index contributed by atoms with van der Waals surface area (Å²) in [5.74, 6) is 6.69. The van der Waals surface area contributed by atoms with E-state index in [4.69, 9.17) is 0 Å². The van der Waals surface area contributed by atoms with Gasteiger partial charge in [0.05, 0.1) is 0 Å². The van der Waals surface area contributed by atoms with Crippen LogP contribution in [0.2, 0.25) is 0 Å². The Bertz CT molecular complexity index is 491. The van der Waals surface area contributed by atoms with E-state index in [2.05, 4.69) is 9.80 Å². The summed E-state index contributed by atoms with van der Waals surface area (Å²) < 4.78 is 0. The maximum Gasteiger partial charge on any atom is 0.0110 e. The zero-order valence-corrected chi connectivity index (χ0v) is 18.1. The summed E-state index contributed by atoms with van der Waals surface area (Å²) in [6.45, 7) is 8.40. The Morgan fingerprint density at radius 3 is 0.929 bits per heavy atom. The second-order valence-electron chi connectivity index (χ2n) is 13.4. The van der Waals surface area contributed by atoms with Crippen molar-refractivity contribution in [3.05, 3.63) is 0 Å². The molecule has 1 aliphatic heterocycles. The maximum atomic E-state index is 2.91. The maximum absolute atomic E-state index is 2.91. The van der Waals surface area contributed by atoms with Crippen LogP contribution in [0.4, 0.5) is 0 Å². The van der Waals surface area contributed by atoms with E-state index in [1.54, 1.807) is 77.0 Å². The molecule has 8 aliphatic carbocycles. The van der Waals surface area contributed by atoms with E-state index >= 15 is 0 Å². The first-order chi connectivity index (χ1) is 13.6. The van der Waals surface area contributed by atoms with Crippen molar-refractivity contribution >= 4 is 0 Å². The van der Waals surface area contributed by atoms with Gasteiger partial charge in [0, 0.05) is 39.3 Å². The lowest BCUT2D eigenvalue weighted by Gasteiger charge is -2.59. The quantitative estimate of drug-likeness (QED) is 0.672. The molecule has 0 aromatic rings. The van der Waals surface area contributed by atoms with Crippen LogP contribution in [0.1, 0.15) is 77.0 Å². The van der Waals surface area contributed by atoms with E-state index < -0.39 is 0 Å². The number of nitrogens with zero attached hydrogens (tertiary/aromatic N) is 2. The van der Waals surface area contributed by atoms with Gasteiger partial charge in [0.15, 0.2) is 0 Å². The van der Waals surface area contributed by atoms with Crippen molar-refractivity contribution in [3.8, 4) is 0 Å². The van der Waals surface area contributed by atoms with Gasteiger partial charge < -0.3 is 9.80 Å². The first kappa shape index (κ1) is 17.6. The average Bonchev–Trinajstić information content (AvgIpc) is 2.60. The highest BCUT2D eigenvalue weighted by Gasteiger charge is 2.53. The topological polar surface area (TPSA) is 6.48 Å². The second-order valence-corrected chi connectivity index (χ2v) is 13.4. The Hall–Kier alpha value is -0.0800. The monoisotopic (exact) mass is 382 g/mol. The van der Waals surface area contributed by atoms with Gasteiger partial charge >= 0.3 is 0 Å². The fraction of sp³-hybridized carbons (Fsp3) is 1.00. The lowest BCUT2D eigenvalue weighted by molar-refractivity contribution is -0.0861. The molecule has 2 heteroatoms. The summed E-state index contributed by atoms with van der Waals surface area (Å²) in [7, 11) is 0. The number of rotatable bonds is 4. The normalized spacial score (nSPS) is 55.3. The van der Waals surface area contributed by atoms with Gasteiger partial charge in [-0.3, -0.25) is 0 Å². The van der Waals surface area contributed by atoms with Gasteiger partial charge in [-0.25, -0.2) is 0 Å². The van der Waals surface area contributed by atoms with E-state index in [-0.39, 0.29) is 0 Å². The van der Waals surface area contributed by atoms with Crippen molar-refractivity contribution in [2.75, 3.05) is 39.3 Å². The van der Waals surface area contributed by atoms with Crippen LogP contribution in [0.5, 0.6) is 0 Å². The van der Waals surface area contributed by atoms with E-state index in [9.17, 15) is 0 Å². The molecule has 9 fully saturated rings. The molecule has 1 heterocycles. The van der Waals surface area contributed by atoms with E-state index in [0.717, 1.165) is 46.3 Å². The molecule has 28 heavy (non-hydrogen) atoms. The molecule has 156 valence electrons. The lowest BCUT2D eigenvalue weighted by atomic mass is 9.49. The van der Waals surface area contributed by atoms with Gasteiger partial charge in [0.2, 0.25) is 0 Å². The van der Waals surface area contributed by atoms with Gasteiger partial charge in [-0.2, -0.15) is 0 Å². The van der Waals surface area contributed by atoms with Gasteiger partial charge in [-0.1, -0.05) is 0 Å². The lowest BCUT2D eigenvalue weighted by Crippen LogP contribution is -2.57. The smallest absolute Gasteiger partial charge is 0.0110 e. The summed E-state index contributed by atoms with van der Waals surface area (Å²) in [5.41, 5.74) is 1.49. The summed E-state index contributed by atoms with van der Waals surface area (Å²) in [6, 6.07) is 0. The zero-order valence-electron chi connectivity index (χ0n) is 18.1. The van der Waals surface area contributed by atoms with Crippen LogP contribution >= 0.6 is 0 Å². The third kappa shape index (κ3) is 2.95.